The van der Waals surface area contributed by atoms with Gasteiger partial charge in [0.05, 0.1) is 5.39 Å². The Labute approximate surface area is 310 Å². The average molecular weight is 687 g/mol. The molecule has 0 fully saturated rings. The highest BCUT2D eigenvalue weighted by Crippen LogP contribution is 2.49. The van der Waals surface area contributed by atoms with Crippen LogP contribution in [0.25, 0.3) is 120 Å². The molecule has 0 aliphatic carbocycles. The third-order valence-electron chi connectivity index (χ3n) is 11.4. The molecule has 2 aromatic heterocycles. The molecule has 12 rings (SSSR count). The Kier molecular flexibility index (Phi) is 6.09. The standard InChI is InChI=1S/C52H30O2/c1-3-17-34-31(13-1)15-11-23-37(34)48-39-20-5-6-21-40(39)49(38-24-12-16-32-14-2-4-18-35(32)38)44-29-33(27-28-41(44)48)43-30-45-36-19-7-9-25-46(36)53-52(45)50-42-22-8-10-26-47(42)54-51(43)50/h1-30H. The van der Waals surface area contributed by atoms with Crippen LogP contribution in [0.1, 0.15) is 0 Å². The van der Waals surface area contributed by atoms with Gasteiger partial charge in [-0.05, 0) is 95.2 Å². The van der Waals surface area contributed by atoms with E-state index in [-0.39, 0.29) is 0 Å². The molecule has 0 atom stereocenters. The van der Waals surface area contributed by atoms with Gasteiger partial charge >= 0.3 is 0 Å². The summed E-state index contributed by atoms with van der Waals surface area (Å²) in [5, 5.41) is 14.1. The first-order valence-electron chi connectivity index (χ1n) is 18.5. The number of furan rings is 2. The predicted octanol–water partition coefficient (Wildman–Crippen LogP) is 15.1. The van der Waals surface area contributed by atoms with E-state index in [1.54, 1.807) is 0 Å². The molecule has 2 heterocycles. The van der Waals surface area contributed by atoms with Crippen LogP contribution in [0.15, 0.2) is 191 Å². The zero-order chi connectivity index (χ0) is 35.3. The van der Waals surface area contributed by atoms with Gasteiger partial charge in [0.25, 0.3) is 0 Å². The Bertz CT molecular complexity index is 3500. The van der Waals surface area contributed by atoms with E-state index in [1.807, 2.05) is 12.1 Å². The van der Waals surface area contributed by atoms with E-state index in [4.69, 9.17) is 8.83 Å². The summed E-state index contributed by atoms with van der Waals surface area (Å²) in [6, 6.07) is 65.7. The lowest BCUT2D eigenvalue weighted by Gasteiger charge is -2.20. The molecule has 10 aromatic carbocycles. The first kappa shape index (κ1) is 29.4. The molecule has 0 amide bonds. The molecule has 0 N–H and O–H groups in total. The molecule has 0 radical (unpaired) electrons. The lowest BCUT2D eigenvalue weighted by molar-refractivity contribution is 0.663. The molecule has 0 saturated carbocycles. The largest absolute Gasteiger partial charge is 0.455 e. The summed E-state index contributed by atoms with van der Waals surface area (Å²) >= 11 is 0. The van der Waals surface area contributed by atoms with Crippen LogP contribution in [0, 0.1) is 0 Å². The summed E-state index contributed by atoms with van der Waals surface area (Å²) in [6.45, 7) is 0. The van der Waals surface area contributed by atoms with Crippen molar-refractivity contribution in [3.63, 3.8) is 0 Å². The molecule has 0 aliphatic rings. The molecular formula is C52H30O2. The molecule has 0 aliphatic heterocycles. The lowest BCUT2D eigenvalue weighted by atomic mass is 9.82. The second-order valence-electron chi connectivity index (χ2n) is 14.3. The van der Waals surface area contributed by atoms with Crippen LogP contribution >= 0.6 is 0 Å². The van der Waals surface area contributed by atoms with Gasteiger partial charge in [0, 0.05) is 21.7 Å². The SMILES string of the molecule is c1ccc2c(-c3c4ccccc4c(-c4cccc5ccccc45)c4cc(-c5cc6c7ccccc7oc6c6c5oc5ccccc56)ccc34)cccc2c1. The number of fused-ring (bicyclic) bond motifs is 11. The summed E-state index contributed by atoms with van der Waals surface area (Å²) in [5.41, 5.74) is 10.5. The minimum Gasteiger partial charge on any atom is -0.455 e. The number of rotatable bonds is 3. The maximum Gasteiger partial charge on any atom is 0.147 e. The first-order valence-corrected chi connectivity index (χ1v) is 18.5. The van der Waals surface area contributed by atoms with Crippen molar-refractivity contribution in [3.8, 4) is 33.4 Å². The maximum absolute atomic E-state index is 6.78. The third kappa shape index (κ3) is 4.11. The van der Waals surface area contributed by atoms with Crippen LogP contribution in [-0.2, 0) is 0 Å². The smallest absolute Gasteiger partial charge is 0.147 e. The van der Waals surface area contributed by atoms with Crippen molar-refractivity contribution >= 4 is 87.0 Å². The van der Waals surface area contributed by atoms with Crippen molar-refractivity contribution in [3.05, 3.63) is 182 Å². The summed E-state index contributed by atoms with van der Waals surface area (Å²) in [4.78, 5) is 0. The molecule has 0 spiro atoms. The molecule has 2 nitrogen and oxygen atoms in total. The fourth-order valence-corrected chi connectivity index (χ4v) is 9.09. The van der Waals surface area contributed by atoms with Crippen molar-refractivity contribution in [1.82, 2.24) is 0 Å². The Morgan fingerprint density at radius 2 is 0.759 bits per heavy atom. The van der Waals surface area contributed by atoms with Crippen molar-refractivity contribution in [2.24, 2.45) is 0 Å². The van der Waals surface area contributed by atoms with Crippen LogP contribution in [0.5, 0.6) is 0 Å². The van der Waals surface area contributed by atoms with Gasteiger partial charge in [-0.1, -0.05) is 158 Å². The average Bonchev–Trinajstić information content (AvgIpc) is 3.81. The summed E-state index contributed by atoms with van der Waals surface area (Å²) in [5.74, 6) is 0. The number of benzene rings is 10. The highest BCUT2D eigenvalue weighted by atomic mass is 16.3. The van der Waals surface area contributed by atoms with E-state index in [2.05, 4.69) is 170 Å². The Balaban J connectivity index is 1.27. The zero-order valence-electron chi connectivity index (χ0n) is 29.1. The van der Waals surface area contributed by atoms with Gasteiger partial charge in [-0.3, -0.25) is 0 Å². The highest BCUT2D eigenvalue weighted by Gasteiger charge is 2.23. The number of para-hydroxylation sites is 2. The van der Waals surface area contributed by atoms with E-state index < -0.39 is 0 Å². The van der Waals surface area contributed by atoms with Gasteiger partial charge in [-0.15, -0.1) is 0 Å². The Morgan fingerprint density at radius 1 is 0.278 bits per heavy atom. The van der Waals surface area contributed by atoms with E-state index in [0.29, 0.717) is 0 Å². The second kappa shape index (κ2) is 11.2. The van der Waals surface area contributed by atoms with Gasteiger partial charge in [-0.2, -0.15) is 0 Å². The van der Waals surface area contributed by atoms with Crippen molar-refractivity contribution in [2.75, 3.05) is 0 Å². The third-order valence-corrected chi connectivity index (χ3v) is 11.4. The van der Waals surface area contributed by atoms with Gasteiger partial charge in [0.1, 0.15) is 22.3 Å². The van der Waals surface area contributed by atoms with Crippen molar-refractivity contribution < 1.29 is 8.83 Å². The fraction of sp³-hybridized carbons (Fsp3) is 0. The maximum atomic E-state index is 6.78. The monoisotopic (exact) mass is 686 g/mol. The predicted molar refractivity (Wildman–Crippen MR) is 227 cm³/mol. The Hall–Kier alpha value is -7.16. The van der Waals surface area contributed by atoms with Crippen LogP contribution < -0.4 is 0 Å². The van der Waals surface area contributed by atoms with Gasteiger partial charge in [-0.25, -0.2) is 0 Å². The lowest BCUT2D eigenvalue weighted by Crippen LogP contribution is -1.93. The van der Waals surface area contributed by atoms with E-state index in [0.717, 1.165) is 55.0 Å². The molecule has 0 unspecified atom stereocenters. The molecule has 0 saturated heterocycles. The summed E-state index contributed by atoms with van der Waals surface area (Å²) < 4.78 is 13.4. The molecule has 250 valence electrons. The van der Waals surface area contributed by atoms with Gasteiger partial charge in [0.15, 0.2) is 0 Å². The van der Waals surface area contributed by atoms with Crippen LogP contribution in [0.3, 0.4) is 0 Å². The molecule has 12 aromatic rings. The zero-order valence-corrected chi connectivity index (χ0v) is 29.1. The normalized spacial score (nSPS) is 12.1. The molecule has 54 heavy (non-hydrogen) atoms. The van der Waals surface area contributed by atoms with Crippen molar-refractivity contribution in [2.45, 2.75) is 0 Å². The summed E-state index contributed by atoms with van der Waals surface area (Å²) in [7, 11) is 0. The van der Waals surface area contributed by atoms with E-state index in [1.165, 1.54) is 65.3 Å². The van der Waals surface area contributed by atoms with Crippen LogP contribution in [-0.4, -0.2) is 0 Å². The minimum atomic E-state index is 0.837. The quantitative estimate of drug-likeness (QED) is 0.173. The first-order chi connectivity index (χ1) is 26.8. The molecule has 2 heteroatoms. The van der Waals surface area contributed by atoms with Crippen LogP contribution in [0.4, 0.5) is 0 Å². The minimum absolute atomic E-state index is 0.837. The molecular weight excluding hydrogens is 657 g/mol. The number of hydrogen-bond donors (Lipinski definition) is 0. The fourth-order valence-electron chi connectivity index (χ4n) is 9.09. The highest BCUT2D eigenvalue weighted by molar-refractivity contribution is 6.28. The van der Waals surface area contributed by atoms with Crippen molar-refractivity contribution in [1.29, 1.82) is 0 Å². The number of hydrogen-bond acceptors (Lipinski definition) is 2. The van der Waals surface area contributed by atoms with Gasteiger partial charge < -0.3 is 8.83 Å². The molecule has 0 bridgehead atoms. The Morgan fingerprint density at radius 3 is 1.43 bits per heavy atom. The van der Waals surface area contributed by atoms with Gasteiger partial charge in [0.2, 0.25) is 0 Å². The van der Waals surface area contributed by atoms with E-state index in [9.17, 15) is 0 Å². The second-order valence-corrected chi connectivity index (χ2v) is 14.3. The van der Waals surface area contributed by atoms with Crippen LogP contribution in [0.2, 0.25) is 0 Å². The summed E-state index contributed by atoms with van der Waals surface area (Å²) in [6.07, 6.45) is 0. The topological polar surface area (TPSA) is 26.3 Å². The van der Waals surface area contributed by atoms with E-state index >= 15 is 0 Å².